The van der Waals surface area contributed by atoms with E-state index < -0.39 is 12.2 Å². The summed E-state index contributed by atoms with van der Waals surface area (Å²) in [6.07, 6.45) is 2.08. The quantitative estimate of drug-likeness (QED) is 0.711. The molecule has 7 heteroatoms. The third kappa shape index (κ3) is 1.81. The van der Waals surface area contributed by atoms with E-state index in [0.717, 1.165) is 11.5 Å². The van der Waals surface area contributed by atoms with Crippen LogP contribution in [-0.2, 0) is 14.3 Å². The lowest BCUT2D eigenvalue weighted by atomic mass is 10.3. The van der Waals surface area contributed by atoms with Crippen molar-refractivity contribution in [1.82, 2.24) is 9.36 Å². The summed E-state index contributed by atoms with van der Waals surface area (Å²) in [6, 6.07) is 0. The van der Waals surface area contributed by atoms with Gasteiger partial charge in [0.05, 0.1) is 0 Å². The fraction of sp³-hybridized carbons (Fsp3) is 0.333. The van der Waals surface area contributed by atoms with Crippen molar-refractivity contribution in [2.24, 2.45) is 0 Å². The van der Waals surface area contributed by atoms with Gasteiger partial charge in [-0.05, 0) is 12.5 Å². The van der Waals surface area contributed by atoms with Gasteiger partial charge >= 0.3 is 5.97 Å². The molecule has 0 aromatic carbocycles. The molecule has 0 spiro atoms. The summed E-state index contributed by atoms with van der Waals surface area (Å²) in [5.41, 5.74) is 0.676. The van der Waals surface area contributed by atoms with Crippen LogP contribution in [-0.4, -0.2) is 27.5 Å². The van der Waals surface area contributed by atoms with Crippen molar-refractivity contribution in [1.29, 1.82) is 0 Å². The van der Waals surface area contributed by atoms with Crippen LogP contribution in [0.25, 0.3) is 0 Å². The van der Waals surface area contributed by atoms with E-state index in [0.29, 0.717) is 10.7 Å². The summed E-state index contributed by atoms with van der Waals surface area (Å²) >= 11 is 1.08. The van der Waals surface area contributed by atoms with Crippen molar-refractivity contribution in [3.63, 3.8) is 0 Å². The second kappa shape index (κ2) is 4.01. The molecule has 16 heavy (non-hydrogen) atoms. The zero-order valence-corrected chi connectivity index (χ0v) is 9.52. The molecule has 0 fully saturated rings. The smallest absolute Gasteiger partial charge is 0.304 e. The largest absolute Gasteiger partial charge is 0.437 e. The number of anilines is 1. The van der Waals surface area contributed by atoms with E-state index in [2.05, 4.69) is 9.36 Å². The first-order chi connectivity index (χ1) is 7.59. The summed E-state index contributed by atoms with van der Waals surface area (Å²) in [5, 5.41) is 0.421. The van der Waals surface area contributed by atoms with Gasteiger partial charge in [0.1, 0.15) is 6.33 Å². The van der Waals surface area contributed by atoms with Gasteiger partial charge in [0.15, 0.2) is 0 Å². The Balaban J connectivity index is 2.29. The van der Waals surface area contributed by atoms with Gasteiger partial charge < -0.3 is 4.74 Å². The van der Waals surface area contributed by atoms with Gasteiger partial charge in [-0.25, -0.2) is 9.88 Å². The highest BCUT2D eigenvalue weighted by Gasteiger charge is 2.35. The molecular weight excluding hydrogens is 230 g/mol. The van der Waals surface area contributed by atoms with E-state index >= 15 is 0 Å². The Morgan fingerprint density at radius 3 is 2.94 bits per heavy atom. The van der Waals surface area contributed by atoms with Crippen molar-refractivity contribution in [3.05, 3.63) is 18.0 Å². The minimum atomic E-state index is -0.696. The maximum atomic E-state index is 11.7. The second-order valence-corrected chi connectivity index (χ2v) is 4.04. The molecule has 1 unspecified atom stereocenters. The Bertz CT molecular complexity index is 455. The number of carbonyl (C=O) groups excluding carboxylic acids is 2. The molecular formula is C9H9N3O3S. The van der Waals surface area contributed by atoms with Gasteiger partial charge in [-0.15, -0.1) is 0 Å². The monoisotopic (exact) mass is 239 g/mol. The minimum absolute atomic E-state index is 0.250. The Morgan fingerprint density at radius 2 is 2.38 bits per heavy atom. The normalized spacial score (nSPS) is 19.9. The topological polar surface area (TPSA) is 72.4 Å². The maximum Gasteiger partial charge on any atom is 0.304 e. The third-order valence-corrected chi connectivity index (χ3v) is 2.71. The molecule has 1 aliphatic rings. The zero-order valence-electron chi connectivity index (χ0n) is 8.71. The van der Waals surface area contributed by atoms with Gasteiger partial charge in [0.25, 0.3) is 5.91 Å². The molecule has 1 aliphatic heterocycles. The van der Waals surface area contributed by atoms with E-state index in [1.165, 1.54) is 24.2 Å². The fourth-order valence-corrected chi connectivity index (χ4v) is 1.98. The molecule has 0 radical (unpaired) electrons. The van der Waals surface area contributed by atoms with Crippen LogP contribution in [0.1, 0.15) is 13.8 Å². The van der Waals surface area contributed by atoms with Crippen LogP contribution in [0.3, 0.4) is 0 Å². The number of carbonyl (C=O) groups is 2. The number of aromatic nitrogens is 2. The van der Waals surface area contributed by atoms with Crippen molar-refractivity contribution < 1.29 is 14.3 Å². The number of rotatable bonds is 2. The van der Waals surface area contributed by atoms with Gasteiger partial charge in [-0.2, -0.15) is 4.37 Å². The molecule has 2 rings (SSSR count). The fourth-order valence-electron chi connectivity index (χ4n) is 1.43. The summed E-state index contributed by atoms with van der Waals surface area (Å²) < 4.78 is 8.88. The maximum absolute atomic E-state index is 11.7. The molecule has 0 aliphatic carbocycles. The third-order valence-electron chi connectivity index (χ3n) is 2.05. The van der Waals surface area contributed by atoms with Crippen LogP contribution >= 0.6 is 11.5 Å². The summed E-state index contributed by atoms with van der Waals surface area (Å²) in [4.78, 5) is 27.9. The molecule has 0 N–H and O–H groups in total. The first-order valence-electron chi connectivity index (χ1n) is 4.55. The van der Waals surface area contributed by atoms with E-state index in [4.69, 9.17) is 4.74 Å². The molecule has 1 amide bonds. The van der Waals surface area contributed by atoms with Crippen LogP contribution in [0.2, 0.25) is 0 Å². The van der Waals surface area contributed by atoms with Gasteiger partial charge in [0, 0.05) is 24.5 Å². The van der Waals surface area contributed by atoms with Crippen LogP contribution in [0.15, 0.2) is 18.0 Å². The highest BCUT2D eigenvalue weighted by Crippen LogP contribution is 2.27. The number of hydrogen-bond acceptors (Lipinski definition) is 6. The van der Waals surface area contributed by atoms with E-state index in [1.807, 2.05) is 0 Å². The number of amides is 1. The molecule has 2 heterocycles. The van der Waals surface area contributed by atoms with E-state index in [9.17, 15) is 9.59 Å². The zero-order chi connectivity index (χ0) is 11.7. The van der Waals surface area contributed by atoms with Crippen molar-refractivity contribution in [2.45, 2.75) is 20.1 Å². The molecule has 1 aromatic rings. The predicted octanol–water partition coefficient (Wildman–Crippen LogP) is 0.720. The summed E-state index contributed by atoms with van der Waals surface area (Å²) in [6.45, 7) is 3.03. The number of esters is 1. The Hall–Kier alpha value is -1.76. The van der Waals surface area contributed by atoms with Crippen molar-refractivity contribution in [2.75, 3.05) is 4.90 Å². The van der Waals surface area contributed by atoms with Crippen LogP contribution in [0, 0.1) is 0 Å². The molecule has 1 aromatic heterocycles. The predicted molar refractivity (Wildman–Crippen MR) is 56.7 cm³/mol. The SMILES string of the molecule is CC(=O)OC1C(C)=CC(=O)N1c1ncns1. The highest BCUT2D eigenvalue weighted by atomic mass is 32.1. The van der Waals surface area contributed by atoms with Gasteiger partial charge in [-0.3, -0.25) is 9.59 Å². The Labute approximate surface area is 95.7 Å². The standard InChI is InChI=1S/C9H9N3O3S/c1-5-3-7(14)12(8(5)15-6(2)13)9-10-4-11-16-9/h3-4,8H,1-2H3. The lowest BCUT2D eigenvalue weighted by molar-refractivity contribution is -0.144. The van der Waals surface area contributed by atoms with E-state index in [1.54, 1.807) is 6.92 Å². The van der Waals surface area contributed by atoms with Crippen molar-refractivity contribution >= 4 is 28.5 Å². The van der Waals surface area contributed by atoms with Crippen LogP contribution < -0.4 is 4.90 Å². The highest BCUT2D eigenvalue weighted by molar-refractivity contribution is 7.09. The van der Waals surface area contributed by atoms with Gasteiger partial charge in [0.2, 0.25) is 11.4 Å². The first kappa shape index (κ1) is 10.7. The molecule has 0 saturated heterocycles. The van der Waals surface area contributed by atoms with Crippen molar-refractivity contribution in [3.8, 4) is 0 Å². The number of nitrogens with zero attached hydrogens (tertiary/aromatic N) is 3. The van der Waals surface area contributed by atoms with Gasteiger partial charge in [-0.1, -0.05) is 0 Å². The number of ether oxygens (including phenoxy) is 1. The minimum Gasteiger partial charge on any atom is -0.437 e. The lowest BCUT2D eigenvalue weighted by Gasteiger charge is -2.22. The lowest BCUT2D eigenvalue weighted by Crippen LogP contribution is -2.38. The molecule has 84 valence electrons. The average molecular weight is 239 g/mol. The van der Waals surface area contributed by atoms with E-state index in [-0.39, 0.29) is 5.91 Å². The molecule has 1 atom stereocenters. The Morgan fingerprint density at radius 1 is 1.62 bits per heavy atom. The summed E-state index contributed by atoms with van der Waals surface area (Å²) in [7, 11) is 0. The second-order valence-electron chi connectivity index (χ2n) is 3.28. The summed E-state index contributed by atoms with van der Waals surface area (Å²) in [5.74, 6) is -0.692. The van der Waals surface area contributed by atoms with Crippen LogP contribution in [0.4, 0.5) is 5.13 Å². The number of hydrogen-bond donors (Lipinski definition) is 0. The Kier molecular flexibility index (Phi) is 2.69. The molecule has 0 bridgehead atoms. The first-order valence-corrected chi connectivity index (χ1v) is 5.32. The molecule has 6 nitrogen and oxygen atoms in total. The average Bonchev–Trinajstić information content (AvgIpc) is 2.75. The molecule has 0 saturated carbocycles. The van der Waals surface area contributed by atoms with Crippen LogP contribution in [0.5, 0.6) is 0 Å².